The Morgan fingerprint density at radius 3 is 2.25 bits per heavy atom. The molecule has 0 bridgehead atoms. The van der Waals surface area contributed by atoms with Crippen molar-refractivity contribution < 1.29 is 14.4 Å². The van der Waals surface area contributed by atoms with E-state index in [1.807, 2.05) is 30.3 Å². The Morgan fingerprint density at radius 1 is 0.857 bits per heavy atom. The van der Waals surface area contributed by atoms with E-state index >= 15 is 0 Å². The minimum Gasteiger partial charge on any atom is -0.321 e. The molecule has 0 aliphatic rings. The molecular weight excluding hydrogens is 354 g/mol. The van der Waals surface area contributed by atoms with E-state index in [1.165, 1.54) is 17.9 Å². The number of Topliss-reactive ketones (excluding diaryl/α,β-unsaturated/α-hetero) is 1. The number of pyridine rings is 1. The molecule has 3 aromatic rings. The molecule has 0 saturated carbocycles. The summed E-state index contributed by atoms with van der Waals surface area (Å²) in [5, 5.41) is 2.70. The Bertz CT molecular complexity index is 1030. The van der Waals surface area contributed by atoms with Crippen molar-refractivity contribution >= 4 is 29.0 Å². The number of benzene rings is 2. The summed E-state index contributed by atoms with van der Waals surface area (Å²) in [6.07, 6.45) is 0. The number of ketones is 1. The fraction of sp³-hybridized carbons (Fsp3) is 0.0909. The van der Waals surface area contributed by atoms with Crippen molar-refractivity contribution in [3.8, 4) is 0 Å². The van der Waals surface area contributed by atoms with Crippen LogP contribution in [-0.2, 0) is 0 Å². The van der Waals surface area contributed by atoms with Crippen LogP contribution in [0, 0.1) is 0 Å². The lowest BCUT2D eigenvalue weighted by Gasteiger charge is -2.17. The average Bonchev–Trinajstić information content (AvgIpc) is 2.73. The Hall–Kier alpha value is -3.80. The molecule has 1 heterocycles. The number of carbonyl (C=O) groups excluding carboxylic acids is 3. The third-order valence-corrected chi connectivity index (χ3v) is 4.18. The zero-order valence-corrected chi connectivity index (χ0v) is 15.5. The van der Waals surface area contributed by atoms with Crippen molar-refractivity contribution in [3.05, 3.63) is 89.7 Å². The molecule has 0 atom stereocenters. The molecule has 0 radical (unpaired) electrons. The molecule has 1 aromatic heterocycles. The van der Waals surface area contributed by atoms with E-state index < -0.39 is 5.91 Å². The number of aromatic nitrogens is 1. The van der Waals surface area contributed by atoms with Gasteiger partial charge in [0.2, 0.25) is 0 Å². The van der Waals surface area contributed by atoms with E-state index in [0.717, 1.165) is 5.69 Å². The van der Waals surface area contributed by atoms with E-state index in [-0.39, 0.29) is 23.1 Å². The Balaban J connectivity index is 1.79. The van der Waals surface area contributed by atoms with E-state index in [2.05, 4.69) is 10.3 Å². The molecule has 6 nitrogen and oxygen atoms in total. The number of anilines is 2. The van der Waals surface area contributed by atoms with Gasteiger partial charge in [0.25, 0.3) is 11.8 Å². The topological polar surface area (TPSA) is 79.4 Å². The molecule has 2 amide bonds. The average molecular weight is 373 g/mol. The lowest BCUT2D eigenvalue weighted by molar-refractivity contribution is 0.0984. The maximum atomic E-state index is 12.7. The Labute approximate surface area is 162 Å². The SMILES string of the molecule is CC(=O)c1cccc(NC(=O)c2cccc(C(=O)N(C)c3ccccc3)n2)c1. The highest BCUT2D eigenvalue weighted by Gasteiger charge is 2.17. The summed E-state index contributed by atoms with van der Waals surface area (Å²) in [7, 11) is 1.65. The second-order valence-electron chi connectivity index (χ2n) is 6.20. The predicted molar refractivity (Wildman–Crippen MR) is 108 cm³/mol. The molecule has 3 rings (SSSR count). The van der Waals surface area contributed by atoms with Crippen LogP contribution >= 0.6 is 0 Å². The quantitative estimate of drug-likeness (QED) is 0.690. The standard InChI is InChI=1S/C22H19N3O3/c1-15(26)16-8-6-9-17(14-16)23-21(27)19-12-7-13-20(24-19)22(28)25(2)18-10-4-3-5-11-18/h3-14H,1-2H3,(H,23,27). The Kier molecular flexibility index (Phi) is 5.60. The minimum absolute atomic E-state index is 0.0919. The van der Waals surface area contributed by atoms with Crippen molar-refractivity contribution in [2.24, 2.45) is 0 Å². The van der Waals surface area contributed by atoms with Gasteiger partial charge in [0.15, 0.2) is 5.78 Å². The van der Waals surface area contributed by atoms with E-state index in [1.54, 1.807) is 43.4 Å². The molecule has 0 aliphatic carbocycles. The number of hydrogen-bond acceptors (Lipinski definition) is 4. The zero-order valence-electron chi connectivity index (χ0n) is 15.5. The smallest absolute Gasteiger partial charge is 0.276 e. The molecule has 6 heteroatoms. The highest BCUT2D eigenvalue weighted by Crippen LogP contribution is 2.15. The van der Waals surface area contributed by atoms with Crippen LogP contribution in [0.3, 0.4) is 0 Å². The maximum Gasteiger partial charge on any atom is 0.276 e. The van der Waals surface area contributed by atoms with Crippen LogP contribution in [0.2, 0.25) is 0 Å². The van der Waals surface area contributed by atoms with Gasteiger partial charge in [-0.25, -0.2) is 4.98 Å². The number of amides is 2. The van der Waals surface area contributed by atoms with Gasteiger partial charge in [-0.3, -0.25) is 14.4 Å². The maximum absolute atomic E-state index is 12.7. The van der Waals surface area contributed by atoms with Gasteiger partial charge >= 0.3 is 0 Å². The summed E-state index contributed by atoms with van der Waals surface area (Å²) in [5.74, 6) is -0.872. The van der Waals surface area contributed by atoms with Crippen LogP contribution in [0.25, 0.3) is 0 Å². The lowest BCUT2D eigenvalue weighted by atomic mass is 10.1. The molecule has 28 heavy (non-hydrogen) atoms. The number of rotatable bonds is 5. The molecule has 140 valence electrons. The largest absolute Gasteiger partial charge is 0.321 e. The minimum atomic E-state index is -0.460. The molecule has 0 fully saturated rings. The second kappa shape index (κ2) is 8.26. The van der Waals surface area contributed by atoms with Crippen molar-refractivity contribution in [3.63, 3.8) is 0 Å². The van der Waals surface area contributed by atoms with Crippen LogP contribution in [0.1, 0.15) is 38.3 Å². The van der Waals surface area contributed by atoms with E-state index in [0.29, 0.717) is 11.3 Å². The van der Waals surface area contributed by atoms with Crippen LogP contribution in [0.4, 0.5) is 11.4 Å². The van der Waals surface area contributed by atoms with Crippen LogP contribution in [-0.4, -0.2) is 29.6 Å². The molecule has 0 aliphatic heterocycles. The molecule has 0 saturated heterocycles. The Morgan fingerprint density at radius 2 is 1.54 bits per heavy atom. The van der Waals surface area contributed by atoms with E-state index in [9.17, 15) is 14.4 Å². The number of nitrogens with zero attached hydrogens (tertiary/aromatic N) is 2. The summed E-state index contributed by atoms with van der Waals surface area (Å²) in [6, 6.07) is 20.5. The van der Waals surface area contributed by atoms with Gasteiger partial charge in [-0.1, -0.05) is 36.4 Å². The van der Waals surface area contributed by atoms with Gasteiger partial charge in [-0.05, 0) is 43.3 Å². The van der Waals surface area contributed by atoms with E-state index in [4.69, 9.17) is 0 Å². The number of hydrogen-bond donors (Lipinski definition) is 1. The first-order chi connectivity index (χ1) is 13.5. The van der Waals surface area contributed by atoms with Gasteiger partial charge in [0.05, 0.1) is 0 Å². The highest BCUT2D eigenvalue weighted by molar-refractivity contribution is 6.07. The van der Waals surface area contributed by atoms with Crippen molar-refractivity contribution in [2.75, 3.05) is 17.3 Å². The van der Waals surface area contributed by atoms with Gasteiger partial charge in [0, 0.05) is 24.0 Å². The summed E-state index contributed by atoms with van der Waals surface area (Å²) in [5.41, 5.74) is 1.99. The summed E-state index contributed by atoms with van der Waals surface area (Å²) >= 11 is 0. The van der Waals surface area contributed by atoms with Crippen LogP contribution < -0.4 is 10.2 Å². The summed E-state index contributed by atoms with van der Waals surface area (Å²) in [6.45, 7) is 1.46. The zero-order chi connectivity index (χ0) is 20.1. The highest BCUT2D eigenvalue weighted by atomic mass is 16.2. The fourth-order valence-electron chi connectivity index (χ4n) is 2.63. The molecule has 0 spiro atoms. The third-order valence-electron chi connectivity index (χ3n) is 4.18. The molecule has 1 N–H and O–H groups in total. The number of carbonyl (C=O) groups is 3. The van der Waals surface area contributed by atoms with Gasteiger partial charge in [-0.2, -0.15) is 0 Å². The second-order valence-corrected chi connectivity index (χ2v) is 6.20. The monoisotopic (exact) mass is 373 g/mol. The fourth-order valence-corrected chi connectivity index (χ4v) is 2.63. The predicted octanol–water partition coefficient (Wildman–Crippen LogP) is 3.81. The summed E-state index contributed by atoms with van der Waals surface area (Å²) < 4.78 is 0. The van der Waals surface area contributed by atoms with Crippen LogP contribution in [0.5, 0.6) is 0 Å². The van der Waals surface area contributed by atoms with Crippen molar-refractivity contribution in [2.45, 2.75) is 6.92 Å². The first kappa shape index (κ1) is 19.0. The van der Waals surface area contributed by atoms with Crippen LogP contribution in [0.15, 0.2) is 72.8 Å². The first-order valence-corrected chi connectivity index (χ1v) is 8.68. The van der Waals surface area contributed by atoms with Gasteiger partial charge < -0.3 is 10.2 Å². The number of para-hydroxylation sites is 1. The van der Waals surface area contributed by atoms with Gasteiger partial charge in [-0.15, -0.1) is 0 Å². The third kappa shape index (κ3) is 4.29. The van der Waals surface area contributed by atoms with Gasteiger partial charge in [0.1, 0.15) is 11.4 Å². The normalized spacial score (nSPS) is 10.2. The number of nitrogens with one attached hydrogen (secondary N) is 1. The van der Waals surface area contributed by atoms with Crippen molar-refractivity contribution in [1.29, 1.82) is 0 Å². The lowest BCUT2D eigenvalue weighted by Crippen LogP contribution is -2.27. The first-order valence-electron chi connectivity index (χ1n) is 8.68. The molecule has 0 unspecified atom stereocenters. The molecule has 2 aromatic carbocycles. The van der Waals surface area contributed by atoms with Crippen molar-refractivity contribution in [1.82, 2.24) is 4.98 Å². The summed E-state index contributed by atoms with van der Waals surface area (Å²) in [4.78, 5) is 42.4. The molecular formula is C22H19N3O3.